The molecule has 2 aromatic carbocycles. The molecule has 0 aromatic heterocycles. The molecule has 0 aliphatic heterocycles. The molecular weight excluding hydrogens is 250 g/mol. The highest BCUT2D eigenvalue weighted by atomic mass is 16.3. The summed E-state index contributed by atoms with van der Waals surface area (Å²) in [6.45, 7) is 3.71. The average molecular weight is 269 g/mol. The van der Waals surface area contributed by atoms with Gasteiger partial charge >= 0.3 is 0 Å². The zero-order valence-electron chi connectivity index (χ0n) is 11.8. The van der Waals surface area contributed by atoms with E-state index in [1.54, 1.807) is 13.0 Å². The molecule has 0 aliphatic carbocycles. The molecule has 0 saturated heterocycles. The predicted molar refractivity (Wildman–Crippen MR) is 80.6 cm³/mol. The van der Waals surface area contributed by atoms with Gasteiger partial charge in [0.25, 0.3) is 0 Å². The molecule has 2 rings (SSSR count). The largest absolute Gasteiger partial charge is 0.389 e. The number of aryl methyl sites for hydroxylation is 1. The van der Waals surface area contributed by atoms with Gasteiger partial charge in [-0.2, -0.15) is 0 Å². The van der Waals surface area contributed by atoms with Crippen molar-refractivity contribution in [1.82, 2.24) is 0 Å². The quantitative estimate of drug-likeness (QED) is 0.895. The Labute approximate surface area is 119 Å². The summed E-state index contributed by atoms with van der Waals surface area (Å²) >= 11 is 0. The Bertz CT molecular complexity index is 605. The Morgan fingerprint density at radius 3 is 2.65 bits per heavy atom. The van der Waals surface area contributed by atoms with Gasteiger partial charge in [0.15, 0.2) is 0 Å². The van der Waals surface area contributed by atoms with E-state index in [1.165, 1.54) is 0 Å². The lowest BCUT2D eigenvalue weighted by atomic mass is 10.1. The van der Waals surface area contributed by atoms with Crippen molar-refractivity contribution in [2.24, 2.45) is 0 Å². The lowest BCUT2D eigenvalue weighted by Crippen LogP contribution is -2.14. The van der Waals surface area contributed by atoms with E-state index in [0.717, 1.165) is 16.7 Å². The maximum atomic E-state index is 12.0. The monoisotopic (exact) mass is 269 g/mol. The molecule has 0 saturated carbocycles. The van der Waals surface area contributed by atoms with Crippen molar-refractivity contribution in [2.45, 2.75) is 26.4 Å². The SMILES string of the molecule is Cc1cccc(CC(=O)Nc2cccc(C(C)O)c2)c1. The zero-order chi connectivity index (χ0) is 14.5. The van der Waals surface area contributed by atoms with E-state index in [2.05, 4.69) is 5.32 Å². The van der Waals surface area contributed by atoms with Gasteiger partial charge in [-0.3, -0.25) is 4.79 Å². The molecule has 0 bridgehead atoms. The molecule has 0 aliphatic rings. The first-order chi connectivity index (χ1) is 9.54. The van der Waals surface area contributed by atoms with Crippen molar-refractivity contribution in [3.63, 3.8) is 0 Å². The molecule has 104 valence electrons. The third-order valence-electron chi connectivity index (χ3n) is 3.10. The minimum Gasteiger partial charge on any atom is -0.389 e. The Hall–Kier alpha value is -2.13. The number of hydrogen-bond acceptors (Lipinski definition) is 2. The van der Waals surface area contributed by atoms with E-state index in [4.69, 9.17) is 0 Å². The summed E-state index contributed by atoms with van der Waals surface area (Å²) in [5, 5.41) is 12.4. The molecule has 0 spiro atoms. The molecule has 3 heteroatoms. The van der Waals surface area contributed by atoms with Crippen LogP contribution in [-0.4, -0.2) is 11.0 Å². The summed E-state index contributed by atoms with van der Waals surface area (Å²) in [6.07, 6.45) is -0.191. The van der Waals surface area contributed by atoms with E-state index in [-0.39, 0.29) is 5.91 Å². The number of amides is 1. The van der Waals surface area contributed by atoms with Gasteiger partial charge in [0.1, 0.15) is 0 Å². The Morgan fingerprint density at radius 1 is 1.20 bits per heavy atom. The van der Waals surface area contributed by atoms with Crippen LogP contribution in [0.1, 0.15) is 29.7 Å². The lowest BCUT2D eigenvalue weighted by molar-refractivity contribution is -0.115. The fourth-order valence-corrected chi connectivity index (χ4v) is 2.09. The highest BCUT2D eigenvalue weighted by molar-refractivity contribution is 5.92. The molecular formula is C17H19NO2. The number of benzene rings is 2. The molecule has 1 atom stereocenters. The highest BCUT2D eigenvalue weighted by Crippen LogP contribution is 2.17. The van der Waals surface area contributed by atoms with Crippen molar-refractivity contribution in [3.05, 3.63) is 65.2 Å². The zero-order valence-corrected chi connectivity index (χ0v) is 11.8. The Morgan fingerprint density at radius 2 is 1.95 bits per heavy atom. The van der Waals surface area contributed by atoms with Crippen LogP contribution in [0.4, 0.5) is 5.69 Å². The minimum atomic E-state index is -0.538. The third kappa shape index (κ3) is 3.93. The summed E-state index contributed by atoms with van der Waals surface area (Å²) in [5.41, 5.74) is 3.64. The second kappa shape index (κ2) is 6.35. The maximum Gasteiger partial charge on any atom is 0.228 e. The number of rotatable bonds is 4. The van der Waals surface area contributed by atoms with E-state index >= 15 is 0 Å². The van der Waals surface area contributed by atoms with Crippen molar-refractivity contribution >= 4 is 11.6 Å². The second-order valence-electron chi connectivity index (χ2n) is 5.02. The summed E-state index contributed by atoms with van der Waals surface area (Å²) in [6, 6.07) is 15.2. The molecule has 0 fully saturated rings. The van der Waals surface area contributed by atoms with Gasteiger partial charge in [0, 0.05) is 5.69 Å². The molecule has 3 nitrogen and oxygen atoms in total. The molecule has 2 aromatic rings. The molecule has 2 N–H and O–H groups in total. The van der Waals surface area contributed by atoms with Gasteiger partial charge in [-0.05, 0) is 37.1 Å². The van der Waals surface area contributed by atoms with E-state index in [9.17, 15) is 9.90 Å². The molecule has 1 unspecified atom stereocenters. The fourth-order valence-electron chi connectivity index (χ4n) is 2.09. The van der Waals surface area contributed by atoms with Gasteiger partial charge in [0.05, 0.1) is 12.5 Å². The molecule has 1 amide bonds. The first kappa shape index (κ1) is 14.3. The minimum absolute atomic E-state index is 0.0571. The second-order valence-corrected chi connectivity index (χ2v) is 5.02. The number of aliphatic hydroxyl groups is 1. The van der Waals surface area contributed by atoms with Crippen molar-refractivity contribution in [2.75, 3.05) is 5.32 Å². The van der Waals surface area contributed by atoms with Crippen molar-refractivity contribution in [1.29, 1.82) is 0 Å². The maximum absolute atomic E-state index is 12.0. The number of anilines is 1. The predicted octanol–water partition coefficient (Wildman–Crippen LogP) is 3.23. The topological polar surface area (TPSA) is 49.3 Å². The van der Waals surface area contributed by atoms with E-state index in [0.29, 0.717) is 12.1 Å². The lowest BCUT2D eigenvalue weighted by Gasteiger charge is -2.09. The highest BCUT2D eigenvalue weighted by Gasteiger charge is 2.06. The summed E-state index contributed by atoms with van der Waals surface area (Å²) in [7, 11) is 0. The van der Waals surface area contributed by atoms with Crippen LogP contribution in [0, 0.1) is 6.92 Å². The van der Waals surface area contributed by atoms with Gasteiger partial charge in [-0.25, -0.2) is 0 Å². The third-order valence-corrected chi connectivity index (χ3v) is 3.10. The van der Waals surface area contributed by atoms with Crippen LogP contribution in [-0.2, 0) is 11.2 Å². The number of nitrogens with one attached hydrogen (secondary N) is 1. The first-order valence-corrected chi connectivity index (χ1v) is 6.68. The van der Waals surface area contributed by atoms with Crippen LogP contribution in [0.3, 0.4) is 0 Å². The first-order valence-electron chi connectivity index (χ1n) is 6.68. The van der Waals surface area contributed by atoms with Crippen LogP contribution in [0.5, 0.6) is 0 Å². The van der Waals surface area contributed by atoms with Crippen molar-refractivity contribution in [3.8, 4) is 0 Å². The van der Waals surface area contributed by atoms with Gasteiger partial charge in [-0.1, -0.05) is 42.0 Å². The van der Waals surface area contributed by atoms with Crippen LogP contribution in [0.2, 0.25) is 0 Å². The summed E-state index contributed by atoms with van der Waals surface area (Å²) in [5.74, 6) is -0.0571. The number of carbonyl (C=O) groups excluding carboxylic acids is 1. The standard InChI is InChI=1S/C17H19NO2/c1-12-5-3-6-14(9-12)10-17(20)18-16-8-4-7-15(11-16)13(2)19/h3-9,11,13,19H,10H2,1-2H3,(H,18,20). The average Bonchev–Trinajstić information content (AvgIpc) is 2.38. The normalized spacial score (nSPS) is 11.9. The van der Waals surface area contributed by atoms with Crippen LogP contribution in [0.15, 0.2) is 48.5 Å². The summed E-state index contributed by atoms with van der Waals surface area (Å²) in [4.78, 5) is 12.0. The van der Waals surface area contributed by atoms with E-state index < -0.39 is 6.10 Å². The molecule has 0 radical (unpaired) electrons. The number of carbonyl (C=O) groups is 1. The van der Waals surface area contributed by atoms with Crippen molar-refractivity contribution < 1.29 is 9.90 Å². The Balaban J connectivity index is 2.03. The summed E-state index contributed by atoms with van der Waals surface area (Å²) < 4.78 is 0. The van der Waals surface area contributed by atoms with Crippen LogP contribution < -0.4 is 5.32 Å². The van der Waals surface area contributed by atoms with Gasteiger partial charge in [0.2, 0.25) is 5.91 Å². The number of hydrogen-bond donors (Lipinski definition) is 2. The molecule has 20 heavy (non-hydrogen) atoms. The van der Waals surface area contributed by atoms with Gasteiger partial charge in [-0.15, -0.1) is 0 Å². The van der Waals surface area contributed by atoms with Gasteiger partial charge < -0.3 is 10.4 Å². The fraction of sp³-hybridized carbons (Fsp3) is 0.235. The van der Waals surface area contributed by atoms with E-state index in [1.807, 2.05) is 49.4 Å². The smallest absolute Gasteiger partial charge is 0.228 e. The van der Waals surface area contributed by atoms with Crippen LogP contribution in [0.25, 0.3) is 0 Å². The Kier molecular flexibility index (Phi) is 4.53. The van der Waals surface area contributed by atoms with Crippen LogP contribution >= 0.6 is 0 Å². The number of aliphatic hydroxyl groups excluding tert-OH is 1. The molecule has 0 heterocycles.